The fourth-order valence-electron chi connectivity index (χ4n) is 3.78. The Kier molecular flexibility index (Phi) is 5.08. The molecular formula is C19H31N5O. The third-order valence-corrected chi connectivity index (χ3v) is 5.31. The topological polar surface area (TPSA) is 62.3 Å². The summed E-state index contributed by atoms with van der Waals surface area (Å²) in [5.74, 6) is 2.55. The Morgan fingerprint density at radius 3 is 2.72 bits per heavy atom. The van der Waals surface area contributed by atoms with Gasteiger partial charge in [-0.3, -0.25) is 0 Å². The molecule has 1 atom stereocenters. The number of anilines is 2. The molecule has 3 aliphatic rings. The first-order valence-electron chi connectivity index (χ1n) is 9.90. The Morgan fingerprint density at radius 1 is 1.16 bits per heavy atom. The predicted molar refractivity (Wildman–Crippen MR) is 100 cm³/mol. The summed E-state index contributed by atoms with van der Waals surface area (Å²) in [6, 6.07) is 0.956. The van der Waals surface area contributed by atoms with Crippen LogP contribution in [-0.4, -0.2) is 59.8 Å². The van der Waals surface area contributed by atoms with Gasteiger partial charge in [0.2, 0.25) is 5.95 Å². The van der Waals surface area contributed by atoms with Crippen molar-refractivity contribution < 1.29 is 4.74 Å². The van der Waals surface area contributed by atoms with E-state index in [0.29, 0.717) is 18.0 Å². The van der Waals surface area contributed by atoms with Gasteiger partial charge in [-0.25, -0.2) is 4.98 Å². The molecule has 3 heterocycles. The monoisotopic (exact) mass is 345 g/mol. The normalized spacial score (nSPS) is 24.2. The zero-order valence-electron chi connectivity index (χ0n) is 15.6. The van der Waals surface area contributed by atoms with Crippen molar-refractivity contribution in [3.63, 3.8) is 0 Å². The molecule has 1 saturated heterocycles. The zero-order chi connectivity index (χ0) is 17.2. The number of hydrogen-bond donors (Lipinski definition) is 2. The minimum atomic E-state index is 0.344. The standard InChI is InChI=1S/C19H31N5O/c1-13(2)20-19-22-17-6-9-24(11-14-7-10-25-12-14)8-5-16(17)18(23-19)21-15-3-4-15/h13-15H,3-12H2,1-2H3,(H2,20,21,22,23)/t14-/m1/s1. The summed E-state index contributed by atoms with van der Waals surface area (Å²) in [4.78, 5) is 12.3. The number of nitrogens with zero attached hydrogens (tertiary/aromatic N) is 3. The lowest BCUT2D eigenvalue weighted by Crippen LogP contribution is -2.32. The predicted octanol–water partition coefficient (Wildman–Crippen LogP) is 2.31. The van der Waals surface area contributed by atoms with Gasteiger partial charge in [0.25, 0.3) is 0 Å². The van der Waals surface area contributed by atoms with Gasteiger partial charge in [-0.1, -0.05) is 0 Å². The minimum absolute atomic E-state index is 0.344. The molecule has 2 fully saturated rings. The molecule has 0 amide bonds. The van der Waals surface area contributed by atoms with Crippen LogP contribution in [0.4, 0.5) is 11.8 Å². The van der Waals surface area contributed by atoms with E-state index in [4.69, 9.17) is 14.7 Å². The second kappa shape index (κ2) is 7.46. The van der Waals surface area contributed by atoms with E-state index in [1.54, 1.807) is 0 Å². The van der Waals surface area contributed by atoms with Crippen LogP contribution in [0, 0.1) is 5.92 Å². The van der Waals surface area contributed by atoms with Crippen molar-refractivity contribution >= 4 is 11.8 Å². The van der Waals surface area contributed by atoms with Gasteiger partial charge in [-0.15, -0.1) is 0 Å². The molecule has 138 valence electrons. The summed E-state index contributed by atoms with van der Waals surface area (Å²) in [5.41, 5.74) is 2.57. The van der Waals surface area contributed by atoms with E-state index < -0.39 is 0 Å². The maximum atomic E-state index is 5.55. The minimum Gasteiger partial charge on any atom is -0.381 e. The molecule has 0 radical (unpaired) electrons. The molecule has 6 heteroatoms. The fraction of sp³-hybridized carbons (Fsp3) is 0.789. The van der Waals surface area contributed by atoms with Gasteiger partial charge in [0, 0.05) is 50.3 Å². The third kappa shape index (κ3) is 4.42. The molecule has 0 spiro atoms. The Bertz CT molecular complexity index is 596. The quantitative estimate of drug-likeness (QED) is 0.825. The van der Waals surface area contributed by atoms with Crippen LogP contribution in [0.25, 0.3) is 0 Å². The fourth-order valence-corrected chi connectivity index (χ4v) is 3.78. The summed E-state index contributed by atoms with van der Waals surface area (Å²) in [6.45, 7) is 9.48. The third-order valence-electron chi connectivity index (χ3n) is 5.31. The van der Waals surface area contributed by atoms with Crippen LogP contribution in [-0.2, 0) is 17.6 Å². The van der Waals surface area contributed by atoms with E-state index in [9.17, 15) is 0 Å². The lowest BCUT2D eigenvalue weighted by molar-refractivity contribution is 0.168. The molecule has 0 bridgehead atoms. The van der Waals surface area contributed by atoms with Crippen LogP contribution in [0.2, 0.25) is 0 Å². The Balaban J connectivity index is 1.50. The zero-order valence-corrected chi connectivity index (χ0v) is 15.6. The largest absolute Gasteiger partial charge is 0.381 e. The Labute approximate surface area is 150 Å². The Hall–Kier alpha value is -1.40. The van der Waals surface area contributed by atoms with E-state index in [1.807, 2.05) is 0 Å². The second-order valence-electron chi connectivity index (χ2n) is 8.07. The van der Waals surface area contributed by atoms with Crippen LogP contribution < -0.4 is 10.6 Å². The van der Waals surface area contributed by atoms with Crippen molar-refractivity contribution in [2.75, 3.05) is 43.5 Å². The first kappa shape index (κ1) is 17.0. The van der Waals surface area contributed by atoms with Gasteiger partial charge in [0.1, 0.15) is 5.82 Å². The lowest BCUT2D eigenvalue weighted by atomic mass is 10.1. The maximum Gasteiger partial charge on any atom is 0.225 e. The van der Waals surface area contributed by atoms with Gasteiger partial charge in [-0.05, 0) is 45.4 Å². The molecule has 2 N–H and O–H groups in total. The van der Waals surface area contributed by atoms with Crippen molar-refractivity contribution in [2.45, 2.75) is 58.0 Å². The number of hydrogen-bond acceptors (Lipinski definition) is 6. The van der Waals surface area contributed by atoms with E-state index >= 15 is 0 Å². The van der Waals surface area contributed by atoms with E-state index in [2.05, 4.69) is 29.4 Å². The molecule has 6 nitrogen and oxygen atoms in total. The second-order valence-corrected chi connectivity index (χ2v) is 8.07. The van der Waals surface area contributed by atoms with Gasteiger partial charge in [0.05, 0.1) is 12.3 Å². The number of fused-ring (bicyclic) bond motifs is 1. The first-order valence-corrected chi connectivity index (χ1v) is 9.90. The van der Waals surface area contributed by atoms with E-state index in [-0.39, 0.29) is 0 Å². The van der Waals surface area contributed by atoms with Crippen molar-refractivity contribution in [1.82, 2.24) is 14.9 Å². The van der Waals surface area contributed by atoms with Crippen LogP contribution in [0.3, 0.4) is 0 Å². The number of aromatic nitrogens is 2. The smallest absolute Gasteiger partial charge is 0.225 e. The van der Waals surface area contributed by atoms with Gasteiger partial charge in [0.15, 0.2) is 0 Å². The molecule has 0 aromatic carbocycles. The van der Waals surface area contributed by atoms with Crippen LogP contribution in [0.1, 0.15) is 44.4 Å². The number of ether oxygens (including phenoxy) is 1. The van der Waals surface area contributed by atoms with E-state index in [0.717, 1.165) is 57.5 Å². The molecule has 1 aliphatic carbocycles. The number of rotatable bonds is 6. The highest BCUT2D eigenvalue weighted by atomic mass is 16.5. The van der Waals surface area contributed by atoms with Crippen LogP contribution >= 0.6 is 0 Å². The van der Waals surface area contributed by atoms with E-state index in [1.165, 1.54) is 30.5 Å². The maximum absolute atomic E-state index is 5.55. The molecule has 1 saturated carbocycles. The molecule has 4 rings (SSSR count). The van der Waals surface area contributed by atoms with Gasteiger partial charge >= 0.3 is 0 Å². The molecular weight excluding hydrogens is 314 g/mol. The first-order chi connectivity index (χ1) is 12.2. The highest BCUT2D eigenvalue weighted by Crippen LogP contribution is 2.29. The SMILES string of the molecule is CC(C)Nc1nc2c(c(NC3CC3)n1)CCN(C[C@H]1CCOC1)CC2. The summed E-state index contributed by atoms with van der Waals surface area (Å²) >= 11 is 0. The highest BCUT2D eigenvalue weighted by Gasteiger charge is 2.27. The summed E-state index contributed by atoms with van der Waals surface area (Å²) in [6.07, 6.45) is 5.79. The average molecular weight is 345 g/mol. The van der Waals surface area contributed by atoms with Crippen molar-refractivity contribution in [2.24, 2.45) is 5.92 Å². The summed E-state index contributed by atoms with van der Waals surface area (Å²) in [7, 11) is 0. The number of nitrogens with one attached hydrogen (secondary N) is 2. The molecule has 25 heavy (non-hydrogen) atoms. The summed E-state index contributed by atoms with van der Waals surface area (Å²) in [5, 5.41) is 7.03. The van der Waals surface area contributed by atoms with Gasteiger partial charge in [-0.2, -0.15) is 4.98 Å². The average Bonchev–Trinajstić information content (AvgIpc) is 3.27. The lowest BCUT2D eigenvalue weighted by Gasteiger charge is -2.22. The van der Waals surface area contributed by atoms with Crippen molar-refractivity contribution in [3.8, 4) is 0 Å². The Morgan fingerprint density at radius 2 is 2.00 bits per heavy atom. The van der Waals surface area contributed by atoms with Crippen LogP contribution in [0.15, 0.2) is 0 Å². The summed E-state index contributed by atoms with van der Waals surface area (Å²) < 4.78 is 5.55. The highest BCUT2D eigenvalue weighted by molar-refractivity contribution is 5.52. The molecule has 2 aliphatic heterocycles. The van der Waals surface area contributed by atoms with Crippen LogP contribution in [0.5, 0.6) is 0 Å². The molecule has 0 unspecified atom stereocenters. The molecule has 1 aromatic heterocycles. The van der Waals surface area contributed by atoms with Gasteiger partial charge < -0.3 is 20.3 Å². The van der Waals surface area contributed by atoms with Crippen molar-refractivity contribution in [3.05, 3.63) is 11.3 Å². The van der Waals surface area contributed by atoms with Crippen molar-refractivity contribution in [1.29, 1.82) is 0 Å². The molecule has 1 aromatic rings.